The lowest BCUT2D eigenvalue weighted by Crippen LogP contribution is -2.48. The van der Waals surface area contributed by atoms with Crippen LogP contribution in [-0.2, 0) is 14.3 Å². The summed E-state index contributed by atoms with van der Waals surface area (Å²) >= 11 is 0. The molecule has 0 spiro atoms. The van der Waals surface area contributed by atoms with E-state index in [0.29, 0.717) is 35.5 Å². The first kappa shape index (κ1) is 18.5. The first-order valence-corrected chi connectivity index (χ1v) is 12.9. The fourth-order valence-corrected chi connectivity index (χ4v) is 11.3. The largest absolute Gasteiger partial charge is 0.481 e. The van der Waals surface area contributed by atoms with E-state index < -0.39 is 11.9 Å². The fourth-order valence-electron chi connectivity index (χ4n) is 11.3. The van der Waals surface area contributed by atoms with Crippen LogP contribution in [0.2, 0.25) is 0 Å². The minimum Gasteiger partial charge on any atom is -0.481 e. The highest BCUT2D eigenvalue weighted by molar-refractivity contribution is 5.83. The van der Waals surface area contributed by atoms with Crippen molar-refractivity contribution in [3.05, 3.63) is 0 Å². The summed E-state index contributed by atoms with van der Waals surface area (Å²) < 4.78 is 6.24. The van der Waals surface area contributed by atoms with Crippen LogP contribution in [-0.4, -0.2) is 23.1 Å². The molecule has 0 amide bonds. The number of carbonyl (C=O) groups excluding carboxylic acids is 1. The summed E-state index contributed by atoms with van der Waals surface area (Å²) in [4.78, 5) is 25.9. The Morgan fingerprint density at radius 3 is 2.07 bits per heavy atom. The van der Waals surface area contributed by atoms with E-state index >= 15 is 0 Å². The van der Waals surface area contributed by atoms with Crippen molar-refractivity contribution in [3.8, 4) is 0 Å². The second-order valence-electron chi connectivity index (χ2n) is 12.5. The van der Waals surface area contributed by atoms with Gasteiger partial charge in [0.05, 0.1) is 11.8 Å². The molecule has 164 valence electrons. The van der Waals surface area contributed by atoms with Gasteiger partial charge in [-0.25, -0.2) is 0 Å². The van der Waals surface area contributed by atoms with Gasteiger partial charge in [0.1, 0.15) is 6.10 Å². The molecule has 0 heterocycles. The van der Waals surface area contributed by atoms with Crippen LogP contribution in [0.1, 0.15) is 58.8 Å². The number of esters is 1. The van der Waals surface area contributed by atoms with Gasteiger partial charge in [-0.15, -0.1) is 0 Å². The van der Waals surface area contributed by atoms with E-state index in [0.717, 1.165) is 36.5 Å². The molecule has 30 heavy (non-hydrogen) atoms. The van der Waals surface area contributed by atoms with Crippen molar-refractivity contribution < 1.29 is 19.4 Å². The first-order chi connectivity index (χ1) is 14.5. The number of aliphatic carboxylic acids is 1. The Labute approximate surface area is 179 Å². The Bertz CT molecular complexity index is 792. The Morgan fingerprint density at radius 1 is 0.733 bits per heavy atom. The van der Waals surface area contributed by atoms with Crippen LogP contribution in [0.3, 0.4) is 0 Å². The van der Waals surface area contributed by atoms with Crippen LogP contribution in [0.5, 0.6) is 0 Å². The minimum atomic E-state index is -0.741. The SMILES string of the molecule is CC1C(C)C2CC1C1C3CC(C(C(=O)OC4CC5CC4C4CCCC54)C3C(=O)O)C21. The van der Waals surface area contributed by atoms with Crippen LogP contribution >= 0.6 is 0 Å². The summed E-state index contributed by atoms with van der Waals surface area (Å²) in [6, 6.07) is 0. The average Bonchev–Trinajstić information content (AvgIpc) is 3.51. The Hall–Kier alpha value is -1.06. The molecule has 0 aliphatic heterocycles. The topological polar surface area (TPSA) is 63.6 Å². The molecule has 0 aromatic heterocycles. The number of carboxylic acid groups (broad SMARTS) is 1. The molecule has 4 heteroatoms. The van der Waals surface area contributed by atoms with Crippen LogP contribution < -0.4 is 0 Å². The van der Waals surface area contributed by atoms with E-state index in [1.165, 1.54) is 32.1 Å². The number of fused-ring (bicyclic) bond motifs is 14. The monoisotopic (exact) mass is 412 g/mol. The smallest absolute Gasteiger partial charge is 0.310 e. The van der Waals surface area contributed by atoms with E-state index in [-0.39, 0.29) is 29.8 Å². The second-order valence-corrected chi connectivity index (χ2v) is 12.5. The number of carboxylic acids is 1. The van der Waals surface area contributed by atoms with Gasteiger partial charge in [0.25, 0.3) is 0 Å². The predicted molar refractivity (Wildman–Crippen MR) is 110 cm³/mol. The first-order valence-electron chi connectivity index (χ1n) is 12.9. The zero-order chi connectivity index (χ0) is 20.5. The van der Waals surface area contributed by atoms with Crippen molar-refractivity contribution in [2.45, 2.75) is 64.9 Å². The number of rotatable bonds is 3. The van der Waals surface area contributed by atoms with Crippen LogP contribution in [0, 0.1) is 82.9 Å². The van der Waals surface area contributed by atoms with Gasteiger partial charge in [0, 0.05) is 0 Å². The summed E-state index contributed by atoms with van der Waals surface area (Å²) in [5, 5.41) is 10.1. The molecule has 7 fully saturated rings. The van der Waals surface area contributed by atoms with E-state index in [2.05, 4.69) is 13.8 Å². The Kier molecular flexibility index (Phi) is 3.73. The normalized spacial score (nSPS) is 61.5. The summed E-state index contributed by atoms with van der Waals surface area (Å²) in [5.74, 6) is 5.66. The number of hydrogen-bond donors (Lipinski definition) is 1. The molecular formula is C26H36O4. The van der Waals surface area contributed by atoms with E-state index in [1.807, 2.05) is 0 Å². The zero-order valence-corrected chi connectivity index (χ0v) is 18.3. The van der Waals surface area contributed by atoms with Crippen LogP contribution in [0.4, 0.5) is 0 Å². The van der Waals surface area contributed by atoms with Crippen molar-refractivity contribution in [1.82, 2.24) is 0 Å². The standard InChI is InChI=1S/C26H36O4/c1-10-11(2)16-8-15(10)21-18-9-19(22(16)21)24(23(18)25(27)28)26(29)30-20-7-12-6-17(20)14-5-3-4-13(12)14/h10-24H,3-9H2,1-2H3,(H,27,28). The molecule has 7 aliphatic carbocycles. The second kappa shape index (κ2) is 6.04. The molecule has 0 aromatic carbocycles. The third kappa shape index (κ3) is 2.10. The number of ether oxygens (including phenoxy) is 1. The predicted octanol–water partition coefficient (Wildman–Crippen LogP) is 4.48. The lowest BCUT2D eigenvalue weighted by molar-refractivity contribution is -0.171. The third-order valence-electron chi connectivity index (χ3n) is 12.2. The van der Waals surface area contributed by atoms with Crippen LogP contribution in [0.15, 0.2) is 0 Å². The third-order valence-corrected chi connectivity index (χ3v) is 12.2. The highest BCUT2D eigenvalue weighted by Gasteiger charge is 2.71. The molecule has 0 radical (unpaired) electrons. The molecule has 15 unspecified atom stereocenters. The van der Waals surface area contributed by atoms with Crippen LogP contribution in [0.25, 0.3) is 0 Å². The van der Waals surface area contributed by atoms with Crippen molar-refractivity contribution in [2.24, 2.45) is 82.9 Å². The molecule has 1 N–H and O–H groups in total. The fraction of sp³-hybridized carbons (Fsp3) is 0.923. The molecule has 0 saturated heterocycles. The summed E-state index contributed by atoms with van der Waals surface area (Å²) in [6.45, 7) is 4.78. The molecule has 0 aromatic rings. The lowest BCUT2D eigenvalue weighted by atomic mass is 9.59. The van der Waals surface area contributed by atoms with Gasteiger partial charge in [0.15, 0.2) is 0 Å². The van der Waals surface area contributed by atoms with Crippen molar-refractivity contribution in [1.29, 1.82) is 0 Å². The maximum Gasteiger partial charge on any atom is 0.310 e. The van der Waals surface area contributed by atoms with Gasteiger partial charge in [-0.1, -0.05) is 20.3 Å². The molecular weight excluding hydrogens is 376 g/mol. The molecule has 7 saturated carbocycles. The lowest BCUT2D eigenvalue weighted by Gasteiger charge is -2.45. The highest BCUT2D eigenvalue weighted by atomic mass is 16.5. The number of hydrogen-bond acceptors (Lipinski definition) is 3. The van der Waals surface area contributed by atoms with Gasteiger partial charge in [-0.05, 0) is 110 Å². The van der Waals surface area contributed by atoms with Gasteiger partial charge < -0.3 is 9.84 Å². The van der Waals surface area contributed by atoms with Gasteiger partial charge in [-0.2, -0.15) is 0 Å². The number of carbonyl (C=O) groups is 2. The van der Waals surface area contributed by atoms with Gasteiger partial charge in [-0.3, -0.25) is 9.59 Å². The van der Waals surface area contributed by atoms with E-state index in [1.54, 1.807) is 0 Å². The highest BCUT2D eigenvalue weighted by Crippen LogP contribution is 2.73. The van der Waals surface area contributed by atoms with Gasteiger partial charge in [0.2, 0.25) is 0 Å². The maximum absolute atomic E-state index is 13.5. The van der Waals surface area contributed by atoms with Gasteiger partial charge >= 0.3 is 11.9 Å². The zero-order valence-electron chi connectivity index (χ0n) is 18.3. The summed E-state index contributed by atoms with van der Waals surface area (Å²) in [5.41, 5.74) is 0. The minimum absolute atomic E-state index is 0.0743. The average molecular weight is 413 g/mol. The molecule has 15 atom stereocenters. The van der Waals surface area contributed by atoms with Crippen molar-refractivity contribution in [3.63, 3.8) is 0 Å². The summed E-state index contributed by atoms with van der Waals surface area (Å²) in [7, 11) is 0. The molecule has 6 bridgehead atoms. The molecule has 7 aliphatic rings. The Balaban J connectivity index is 1.14. The maximum atomic E-state index is 13.5. The molecule has 4 nitrogen and oxygen atoms in total. The Morgan fingerprint density at radius 2 is 1.37 bits per heavy atom. The summed E-state index contributed by atoms with van der Waals surface area (Å²) in [6.07, 6.45) is 8.63. The van der Waals surface area contributed by atoms with E-state index in [4.69, 9.17) is 4.74 Å². The van der Waals surface area contributed by atoms with Crippen molar-refractivity contribution in [2.75, 3.05) is 0 Å². The molecule has 7 rings (SSSR count). The van der Waals surface area contributed by atoms with E-state index in [9.17, 15) is 14.7 Å². The van der Waals surface area contributed by atoms with Crippen molar-refractivity contribution >= 4 is 11.9 Å². The quantitative estimate of drug-likeness (QED) is 0.548.